The van der Waals surface area contributed by atoms with Crippen LogP contribution in [0, 0.1) is 0 Å². The third kappa shape index (κ3) is 3.82. The molecule has 1 N–H and O–H groups in total. The first kappa shape index (κ1) is 22.4. The van der Waals surface area contributed by atoms with E-state index in [1.807, 2.05) is 60.7 Å². The quantitative estimate of drug-likeness (QED) is 0.393. The van der Waals surface area contributed by atoms with Gasteiger partial charge in [-0.2, -0.15) is 0 Å². The number of hydrogen-bond donors (Lipinski definition) is 1. The number of aryl methyl sites for hydroxylation is 1. The number of benzene rings is 4. The smallest absolute Gasteiger partial charge is 0.264 e. The van der Waals surface area contributed by atoms with E-state index < -0.39 is 15.9 Å². The van der Waals surface area contributed by atoms with Crippen molar-refractivity contribution in [3.05, 3.63) is 114 Å². The lowest BCUT2D eigenvalue weighted by atomic mass is 9.87. The van der Waals surface area contributed by atoms with Crippen LogP contribution < -0.4 is 14.4 Å². The van der Waals surface area contributed by atoms with E-state index in [9.17, 15) is 13.2 Å². The van der Waals surface area contributed by atoms with Crippen LogP contribution in [0.5, 0.6) is 11.5 Å². The van der Waals surface area contributed by atoms with Gasteiger partial charge in [0.15, 0.2) is 0 Å². The Labute approximate surface area is 210 Å². The molecule has 36 heavy (non-hydrogen) atoms. The number of sulfonamides is 1. The first-order valence-electron chi connectivity index (χ1n) is 11.9. The van der Waals surface area contributed by atoms with Crippen molar-refractivity contribution in [2.24, 2.45) is 0 Å². The Hall–Kier alpha value is -4.10. The van der Waals surface area contributed by atoms with Gasteiger partial charge in [0, 0.05) is 23.4 Å². The van der Waals surface area contributed by atoms with Crippen LogP contribution in [0.4, 0.5) is 11.4 Å². The van der Waals surface area contributed by atoms with E-state index >= 15 is 0 Å². The van der Waals surface area contributed by atoms with Crippen LogP contribution in [0.1, 0.15) is 29.0 Å². The van der Waals surface area contributed by atoms with E-state index in [1.54, 1.807) is 36.4 Å². The summed E-state index contributed by atoms with van der Waals surface area (Å²) in [6.45, 7) is 0.391. The minimum Gasteiger partial charge on any atom is -0.457 e. The van der Waals surface area contributed by atoms with Crippen molar-refractivity contribution < 1.29 is 17.9 Å². The van der Waals surface area contributed by atoms with Crippen LogP contribution in [-0.4, -0.2) is 20.9 Å². The standard InChI is InChI=1S/C29H24N2O4S/c32-29(28-23-12-4-6-14-26(23)35-27-15-7-5-13-24(27)28)30-21-17-16-20-9-8-18-31(25(20)19-21)36(33,34)22-10-2-1-3-11-22/h1-7,10-17,19,28H,8-9,18H2,(H,30,32). The molecule has 0 aliphatic carbocycles. The van der Waals surface area contributed by atoms with Crippen molar-refractivity contribution in [3.63, 3.8) is 0 Å². The number of para-hydroxylation sites is 2. The normalized spacial score (nSPS) is 14.7. The fourth-order valence-corrected chi connectivity index (χ4v) is 6.55. The van der Waals surface area contributed by atoms with Gasteiger partial charge in [-0.05, 0) is 54.8 Å². The summed E-state index contributed by atoms with van der Waals surface area (Å²) >= 11 is 0. The second-order valence-electron chi connectivity index (χ2n) is 8.94. The fraction of sp³-hybridized carbons (Fsp3) is 0.138. The number of rotatable bonds is 4. The number of fused-ring (bicyclic) bond motifs is 3. The summed E-state index contributed by atoms with van der Waals surface area (Å²) in [6, 6.07) is 29.0. The number of carbonyl (C=O) groups excluding carboxylic acids is 1. The van der Waals surface area contributed by atoms with E-state index in [0.29, 0.717) is 29.4 Å². The highest BCUT2D eigenvalue weighted by molar-refractivity contribution is 7.92. The first-order chi connectivity index (χ1) is 17.5. The molecule has 7 heteroatoms. The van der Waals surface area contributed by atoms with Gasteiger partial charge in [0.05, 0.1) is 16.5 Å². The molecule has 0 saturated heterocycles. The predicted octanol–water partition coefficient (Wildman–Crippen LogP) is 5.70. The summed E-state index contributed by atoms with van der Waals surface area (Å²) in [6.07, 6.45) is 1.52. The second kappa shape index (κ2) is 8.84. The molecule has 6 rings (SSSR count). The molecule has 1 amide bonds. The average Bonchev–Trinajstić information content (AvgIpc) is 2.91. The van der Waals surface area contributed by atoms with Crippen LogP contribution in [0.15, 0.2) is 102 Å². The van der Waals surface area contributed by atoms with Gasteiger partial charge < -0.3 is 10.1 Å². The van der Waals surface area contributed by atoms with Gasteiger partial charge in [-0.1, -0.05) is 60.7 Å². The van der Waals surface area contributed by atoms with E-state index in [-0.39, 0.29) is 10.8 Å². The van der Waals surface area contributed by atoms with Crippen LogP contribution in [-0.2, 0) is 21.2 Å². The Kier molecular flexibility index (Phi) is 5.49. The molecule has 0 atom stereocenters. The molecule has 0 spiro atoms. The molecule has 2 aliphatic rings. The topological polar surface area (TPSA) is 75.7 Å². The molecule has 4 aromatic rings. The zero-order chi connectivity index (χ0) is 24.7. The van der Waals surface area contributed by atoms with Crippen molar-refractivity contribution in [2.45, 2.75) is 23.7 Å². The summed E-state index contributed by atoms with van der Waals surface area (Å²) in [5.41, 5.74) is 3.69. The molecule has 6 nitrogen and oxygen atoms in total. The Morgan fingerprint density at radius 3 is 2.17 bits per heavy atom. The number of ether oxygens (including phenoxy) is 1. The molecule has 4 aromatic carbocycles. The molecule has 0 unspecified atom stereocenters. The Bertz CT molecular complexity index is 1520. The predicted molar refractivity (Wildman–Crippen MR) is 139 cm³/mol. The number of nitrogens with zero attached hydrogens (tertiary/aromatic N) is 1. The van der Waals surface area contributed by atoms with E-state index in [2.05, 4.69) is 5.32 Å². The number of amides is 1. The Morgan fingerprint density at radius 1 is 0.833 bits per heavy atom. The zero-order valence-electron chi connectivity index (χ0n) is 19.4. The lowest BCUT2D eigenvalue weighted by Crippen LogP contribution is -2.35. The van der Waals surface area contributed by atoms with E-state index in [4.69, 9.17) is 4.74 Å². The molecule has 0 bridgehead atoms. The molecule has 0 saturated carbocycles. The highest BCUT2D eigenvalue weighted by Gasteiger charge is 2.33. The van der Waals surface area contributed by atoms with Crippen LogP contribution in [0.3, 0.4) is 0 Å². The monoisotopic (exact) mass is 496 g/mol. The van der Waals surface area contributed by atoms with Crippen molar-refractivity contribution in [1.82, 2.24) is 0 Å². The number of nitrogens with one attached hydrogen (secondary N) is 1. The summed E-state index contributed by atoms with van der Waals surface area (Å²) in [4.78, 5) is 13.9. The lowest BCUT2D eigenvalue weighted by Gasteiger charge is -2.31. The van der Waals surface area contributed by atoms with Gasteiger partial charge in [0.2, 0.25) is 5.91 Å². The van der Waals surface area contributed by atoms with Crippen LogP contribution in [0.25, 0.3) is 0 Å². The van der Waals surface area contributed by atoms with Gasteiger partial charge in [-0.25, -0.2) is 8.42 Å². The highest BCUT2D eigenvalue weighted by Crippen LogP contribution is 2.44. The molecule has 0 radical (unpaired) electrons. The number of anilines is 2. The first-order valence-corrected chi connectivity index (χ1v) is 13.3. The largest absolute Gasteiger partial charge is 0.457 e. The maximum Gasteiger partial charge on any atom is 0.264 e. The second-order valence-corrected chi connectivity index (χ2v) is 10.8. The minimum atomic E-state index is -3.72. The van der Waals surface area contributed by atoms with Gasteiger partial charge in [0.25, 0.3) is 10.0 Å². The third-order valence-corrected chi connectivity index (χ3v) is 8.53. The van der Waals surface area contributed by atoms with Gasteiger partial charge in [0.1, 0.15) is 11.5 Å². The summed E-state index contributed by atoms with van der Waals surface area (Å²) in [7, 11) is -3.72. The molecule has 180 valence electrons. The maximum atomic E-state index is 13.7. The minimum absolute atomic E-state index is 0.202. The van der Waals surface area contributed by atoms with Crippen LogP contribution in [0.2, 0.25) is 0 Å². The summed E-state index contributed by atoms with van der Waals surface area (Å²) in [5.74, 6) is 0.557. The fourth-order valence-electron chi connectivity index (χ4n) is 4.99. The average molecular weight is 497 g/mol. The maximum absolute atomic E-state index is 13.7. The van der Waals surface area contributed by atoms with Gasteiger partial charge >= 0.3 is 0 Å². The highest BCUT2D eigenvalue weighted by atomic mass is 32.2. The summed E-state index contributed by atoms with van der Waals surface area (Å²) < 4.78 is 34.3. The van der Waals surface area contributed by atoms with Crippen molar-refractivity contribution in [2.75, 3.05) is 16.2 Å². The molecule has 0 fully saturated rings. The Balaban J connectivity index is 1.35. The molecule has 0 aromatic heterocycles. The Morgan fingerprint density at radius 2 is 1.47 bits per heavy atom. The van der Waals surface area contributed by atoms with Gasteiger partial charge in [-0.3, -0.25) is 9.10 Å². The van der Waals surface area contributed by atoms with Crippen molar-refractivity contribution in [3.8, 4) is 11.5 Å². The van der Waals surface area contributed by atoms with Gasteiger partial charge in [-0.15, -0.1) is 0 Å². The number of hydrogen-bond acceptors (Lipinski definition) is 4. The van der Waals surface area contributed by atoms with Crippen molar-refractivity contribution in [1.29, 1.82) is 0 Å². The number of carbonyl (C=O) groups is 1. The molecule has 2 heterocycles. The van der Waals surface area contributed by atoms with Crippen LogP contribution >= 0.6 is 0 Å². The molecule has 2 aliphatic heterocycles. The SMILES string of the molecule is O=C(Nc1ccc2c(c1)N(S(=O)(=O)c1ccccc1)CCC2)C1c2ccccc2Oc2ccccc21. The third-order valence-electron chi connectivity index (χ3n) is 6.70. The lowest BCUT2D eigenvalue weighted by molar-refractivity contribution is -0.116. The zero-order valence-corrected chi connectivity index (χ0v) is 20.2. The molecular weight excluding hydrogens is 472 g/mol. The summed E-state index contributed by atoms with van der Waals surface area (Å²) in [5, 5.41) is 3.04. The molecular formula is C29H24N2O4S. The van der Waals surface area contributed by atoms with Crippen molar-refractivity contribution >= 4 is 27.3 Å². The van der Waals surface area contributed by atoms with E-state index in [1.165, 1.54) is 4.31 Å². The van der Waals surface area contributed by atoms with E-state index in [0.717, 1.165) is 29.5 Å².